The number of aliphatic hydroxyl groups is 1. The van der Waals surface area contributed by atoms with E-state index >= 15 is 0 Å². The first-order chi connectivity index (χ1) is 29.1. The molecule has 0 aromatic heterocycles. The van der Waals surface area contributed by atoms with Gasteiger partial charge in [0.15, 0.2) is 22.6 Å². The minimum Gasteiger partial charge on any atom is -0.464 e. The molecule has 59 heavy (non-hydrogen) atoms. The largest absolute Gasteiger partial charge is 0.464 e. The number of rotatable bonds is 13. The lowest BCUT2D eigenvalue weighted by atomic mass is 9.90. The van der Waals surface area contributed by atoms with Gasteiger partial charge in [0.05, 0.1) is 12.2 Å². The summed E-state index contributed by atoms with van der Waals surface area (Å²) in [6.07, 6.45) is -1.32. The van der Waals surface area contributed by atoms with Gasteiger partial charge in [-0.25, -0.2) is 0 Å². The number of fused-ring (bicyclic) bond motifs is 2. The molecule has 0 aliphatic rings. The van der Waals surface area contributed by atoms with Gasteiger partial charge in [-0.3, -0.25) is 0 Å². The van der Waals surface area contributed by atoms with Gasteiger partial charge in [0.25, 0.3) is 0 Å². The standard InChI is InChI=1S/C53H42O4P2/c1-38-30-32-39(33-31-38)37-55-53(54)48-36-41-19-15-17-29-47(41)51(52(48)57-59(44-24-10-4-11-25-44)45-26-12-5-13-27-45)50-46-28-16-14-18-40(46)34-35-49(50)56-58(42-20-6-2-7-21-42)43-22-8-3-9-23-43/h2-36,53-54H,37H2,1H3. The Bertz CT molecular complexity index is 2720. The lowest BCUT2D eigenvalue weighted by Gasteiger charge is -2.28. The molecule has 0 spiro atoms. The van der Waals surface area contributed by atoms with Crippen molar-refractivity contribution in [1.82, 2.24) is 0 Å². The lowest BCUT2D eigenvalue weighted by Crippen LogP contribution is -2.17. The van der Waals surface area contributed by atoms with E-state index in [1.54, 1.807) is 0 Å². The van der Waals surface area contributed by atoms with E-state index in [-0.39, 0.29) is 6.61 Å². The van der Waals surface area contributed by atoms with E-state index in [1.807, 2.05) is 72.8 Å². The van der Waals surface area contributed by atoms with Crippen molar-refractivity contribution in [1.29, 1.82) is 0 Å². The Kier molecular flexibility index (Phi) is 11.6. The number of aryl methyl sites for hydroxylation is 1. The van der Waals surface area contributed by atoms with E-state index in [2.05, 4.69) is 146 Å². The highest BCUT2D eigenvalue weighted by atomic mass is 31.1. The Labute approximate surface area is 348 Å². The fourth-order valence-corrected chi connectivity index (χ4v) is 10.9. The molecule has 0 saturated carbocycles. The minimum atomic E-state index is -1.43. The van der Waals surface area contributed by atoms with Gasteiger partial charge in [-0.15, -0.1) is 0 Å². The van der Waals surface area contributed by atoms with Gasteiger partial charge in [-0.2, -0.15) is 0 Å². The molecular weight excluding hydrogens is 763 g/mol. The molecule has 4 nitrogen and oxygen atoms in total. The smallest absolute Gasteiger partial charge is 0.185 e. The Morgan fingerprint density at radius 3 is 1.46 bits per heavy atom. The van der Waals surface area contributed by atoms with Crippen LogP contribution in [0.4, 0.5) is 0 Å². The van der Waals surface area contributed by atoms with E-state index in [1.165, 1.54) is 0 Å². The first-order valence-electron chi connectivity index (χ1n) is 19.7. The molecule has 9 rings (SSSR count). The SMILES string of the molecule is Cc1ccc(COC(O)c2cc3ccccc3c(-c3c(OP(c4ccccc4)c4ccccc4)ccc4ccccc34)c2OP(c2ccccc2)c2ccccc2)cc1. The quantitative estimate of drug-likeness (QED) is 0.0931. The van der Waals surface area contributed by atoms with Crippen LogP contribution in [0.1, 0.15) is 23.0 Å². The predicted octanol–water partition coefficient (Wildman–Crippen LogP) is 12.0. The van der Waals surface area contributed by atoms with Crippen LogP contribution in [0.15, 0.2) is 212 Å². The van der Waals surface area contributed by atoms with Crippen molar-refractivity contribution < 1.29 is 18.9 Å². The van der Waals surface area contributed by atoms with Crippen LogP contribution in [0, 0.1) is 6.92 Å². The second-order valence-corrected chi connectivity index (χ2v) is 17.9. The molecule has 6 heteroatoms. The van der Waals surface area contributed by atoms with E-state index in [9.17, 15) is 5.11 Å². The zero-order chi connectivity index (χ0) is 40.0. The van der Waals surface area contributed by atoms with Crippen molar-refractivity contribution in [2.45, 2.75) is 19.8 Å². The molecule has 1 unspecified atom stereocenters. The molecule has 0 fully saturated rings. The van der Waals surface area contributed by atoms with Crippen molar-refractivity contribution in [3.8, 4) is 22.6 Å². The minimum absolute atomic E-state index is 0.219. The first kappa shape index (κ1) is 38.4. The molecule has 0 heterocycles. The number of hydrogen-bond acceptors (Lipinski definition) is 4. The van der Waals surface area contributed by atoms with Crippen LogP contribution in [-0.2, 0) is 11.3 Å². The molecule has 1 N–H and O–H groups in total. The highest BCUT2D eigenvalue weighted by Gasteiger charge is 2.30. The van der Waals surface area contributed by atoms with Crippen molar-refractivity contribution in [2.75, 3.05) is 0 Å². The van der Waals surface area contributed by atoms with Crippen LogP contribution in [0.3, 0.4) is 0 Å². The maximum absolute atomic E-state index is 12.3. The second kappa shape index (κ2) is 17.8. The van der Waals surface area contributed by atoms with Crippen LogP contribution in [0.2, 0.25) is 0 Å². The van der Waals surface area contributed by atoms with Crippen LogP contribution >= 0.6 is 16.3 Å². The fraction of sp³-hybridized carbons (Fsp3) is 0.0566. The Balaban J connectivity index is 1.31. The Morgan fingerprint density at radius 1 is 0.458 bits per heavy atom. The van der Waals surface area contributed by atoms with Crippen molar-refractivity contribution >= 4 is 59.1 Å². The second-order valence-electron chi connectivity index (χ2n) is 14.3. The summed E-state index contributed by atoms with van der Waals surface area (Å²) in [6, 6.07) is 72.7. The van der Waals surface area contributed by atoms with Gasteiger partial charge in [-0.1, -0.05) is 206 Å². The van der Waals surface area contributed by atoms with E-state index in [0.717, 1.165) is 65.0 Å². The van der Waals surface area contributed by atoms with E-state index in [4.69, 9.17) is 13.8 Å². The molecule has 9 aromatic carbocycles. The zero-order valence-electron chi connectivity index (χ0n) is 32.6. The number of aliphatic hydroxyl groups excluding tert-OH is 1. The average molecular weight is 805 g/mol. The summed E-state index contributed by atoms with van der Waals surface area (Å²) in [5.74, 6) is 1.26. The monoisotopic (exact) mass is 804 g/mol. The van der Waals surface area contributed by atoms with Gasteiger partial charge in [0, 0.05) is 32.3 Å². The maximum atomic E-state index is 12.3. The summed E-state index contributed by atoms with van der Waals surface area (Å²) in [6.45, 7) is 2.28. The summed E-state index contributed by atoms with van der Waals surface area (Å²) >= 11 is 0. The van der Waals surface area contributed by atoms with E-state index < -0.39 is 22.6 Å². The normalized spacial score (nSPS) is 11.9. The summed E-state index contributed by atoms with van der Waals surface area (Å²) < 4.78 is 21.3. The summed E-state index contributed by atoms with van der Waals surface area (Å²) in [4.78, 5) is 0. The highest BCUT2D eigenvalue weighted by Crippen LogP contribution is 2.53. The number of ether oxygens (including phenoxy) is 1. The molecule has 0 aliphatic carbocycles. The predicted molar refractivity (Wildman–Crippen MR) is 247 cm³/mol. The molecule has 0 amide bonds. The van der Waals surface area contributed by atoms with Crippen molar-refractivity contribution in [2.24, 2.45) is 0 Å². The zero-order valence-corrected chi connectivity index (χ0v) is 34.3. The average Bonchev–Trinajstić information content (AvgIpc) is 3.30. The summed E-state index contributed by atoms with van der Waals surface area (Å²) in [5.41, 5.74) is 4.39. The Hall–Kier alpha value is -6.12. The topological polar surface area (TPSA) is 47.9 Å². The lowest BCUT2D eigenvalue weighted by molar-refractivity contribution is -0.112. The van der Waals surface area contributed by atoms with Crippen molar-refractivity contribution in [3.05, 3.63) is 229 Å². The van der Waals surface area contributed by atoms with Crippen LogP contribution in [0.5, 0.6) is 11.5 Å². The van der Waals surface area contributed by atoms with E-state index in [0.29, 0.717) is 17.1 Å². The van der Waals surface area contributed by atoms with Crippen LogP contribution in [0.25, 0.3) is 32.7 Å². The number of hydrogen-bond donors (Lipinski definition) is 1. The summed E-state index contributed by atoms with van der Waals surface area (Å²) in [7, 11) is -2.73. The third-order valence-corrected chi connectivity index (χ3v) is 14.1. The highest BCUT2D eigenvalue weighted by molar-refractivity contribution is 7.69. The van der Waals surface area contributed by atoms with Crippen LogP contribution < -0.4 is 30.3 Å². The first-order valence-corrected chi connectivity index (χ1v) is 22.2. The van der Waals surface area contributed by atoms with Gasteiger partial charge < -0.3 is 18.9 Å². The maximum Gasteiger partial charge on any atom is 0.185 e. The summed E-state index contributed by atoms with van der Waals surface area (Å²) in [5, 5.41) is 20.6. The molecule has 1 atom stereocenters. The number of benzene rings is 9. The third kappa shape index (κ3) is 8.41. The molecular formula is C53H42O4P2. The molecule has 0 bridgehead atoms. The van der Waals surface area contributed by atoms with Gasteiger partial charge in [0.2, 0.25) is 0 Å². The van der Waals surface area contributed by atoms with Gasteiger partial charge >= 0.3 is 0 Å². The fourth-order valence-electron chi connectivity index (χ4n) is 7.37. The molecule has 0 aliphatic heterocycles. The molecule has 9 aromatic rings. The van der Waals surface area contributed by atoms with Crippen LogP contribution in [-0.4, -0.2) is 5.11 Å². The molecule has 0 radical (unpaired) electrons. The van der Waals surface area contributed by atoms with Gasteiger partial charge in [0.1, 0.15) is 11.5 Å². The molecule has 0 saturated heterocycles. The van der Waals surface area contributed by atoms with Gasteiger partial charge in [-0.05, 0) is 46.2 Å². The third-order valence-electron chi connectivity index (χ3n) is 10.3. The molecule has 288 valence electrons. The Morgan fingerprint density at radius 2 is 0.915 bits per heavy atom. The van der Waals surface area contributed by atoms with Crippen molar-refractivity contribution in [3.63, 3.8) is 0 Å².